The standard InChI is InChI=1S/C24H18ClNO3/c1-28-16-6-3-14(4-7-16)19-13-24(20-12-17(29-2)8-9-18(19)20)21-11-15(25)5-10-22(21)26-23(24)27/h3-13H,1-2H3,(H,26,27). The van der Waals surface area contributed by atoms with Gasteiger partial charge in [-0.1, -0.05) is 35.9 Å². The number of amides is 1. The molecule has 3 aromatic rings. The third-order valence-electron chi connectivity index (χ3n) is 5.72. The zero-order chi connectivity index (χ0) is 20.2. The second kappa shape index (κ2) is 6.39. The normalized spacial score (nSPS) is 18.9. The number of nitrogens with one attached hydrogen (secondary N) is 1. The number of hydrogen-bond acceptors (Lipinski definition) is 3. The lowest BCUT2D eigenvalue weighted by molar-refractivity contribution is -0.118. The molecule has 0 saturated heterocycles. The first-order valence-electron chi connectivity index (χ1n) is 9.24. The summed E-state index contributed by atoms with van der Waals surface area (Å²) in [6.07, 6.45) is 2.04. The molecule has 0 saturated carbocycles. The van der Waals surface area contributed by atoms with E-state index in [1.807, 2.05) is 60.7 Å². The van der Waals surface area contributed by atoms with Crippen molar-refractivity contribution < 1.29 is 14.3 Å². The van der Waals surface area contributed by atoms with E-state index in [4.69, 9.17) is 21.1 Å². The van der Waals surface area contributed by atoms with Gasteiger partial charge in [-0.25, -0.2) is 0 Å². The molecule has 0 radical (unpaired) electrons. The van der Waals surface area contributed by atoms with Crippen molar-refractivity contribution in [3.05, 3.63) is 94.0 Å². The zero-order valence-electron chi connectivity index (χ0n) is 16.0. The number of rotatable bonds is 3. The highest BCUT2D eigenvalue weighted by Gasteiger charge is 2.51. The summed E-state index contributed by atoms with van der Waals surface area (Å²) in [7, 11) is 3.27. The van der Waals surface area contributed by atoms with Gasteiger partial charge in [0, 0.05) is 16.3 Å². The van der Waals surface area contributed by atoms with Gasteiger partial charge in [0.2, 0.25) is 5.91 Å². The van der Waals surface area contributed by atoms with Crippen molar-refractivity contribution in [2.24, 2.45) is 0 Å². The quantitative estimate of drug-likeness (QED) is 0.666. The molecule has 1 heterocycles. The Bertz CT molecular complexity index is 1180. The van der Waals surface area contributed by atoms with E-state index in [9.17, 15) is 4.79 Å². The van der Waals surface area contributed by atoms with Gasteiger partial charge in [0.05, 0.1) is 14.2 Å². The number of hydrogen-bond donors (Lipinski definition) is 1. The number of carbonyl (C=O) groups is 1. The fourth-order valence-corrected chi connectivity index (χ4v) is 4.47. The van der Waals surface area contributed by atoms with Crippen molar-refractivity contribution in [2.45, 2.75) is 5.41 Å². The van der Waals surface area contributed by atoms with Crippen molar-refractivity contribution in [3.63, 3.8) is 0 Å². The van der Waals surface area contributed by atoms with E-state index in [0.717, 1.165) is 39.3 Å². The van der Waals surface area contributed by atoms with Crippen LogP contribution in [0.25, 0.3) is 5.57 Å². The van der Waals surface area contributed by atoms with E-state index in [0.29, 0.717) is 10.8 Å². The molecule has 1 unspecified atom stereocenters. The van der Waals surface area contributed by atoms with Gasteiger partial charge in [0.25, 0.3) is 0 Å². The minimum absolute atomic E-state index is 0.0900. The summed E-state index contributed by atoms with van der Waals surface area (Å²) in [6.45, 7) is 0. The Morgan fingerprint density at radius 1 is 0.862 bits per heavy atom. The predicted octanol–water partition coefficient (Wildman–Crippen LogP) is 5.04. The van der Waals surface area contributed by atoms with E-state index in [1.165, 1.54) is 0 Å². The van der Waals surface area contributed by atoms with Gasteiger partial charge < -0.3 is 14.8 Å². The molecule has 5 heteroatoms. The molecule has 2 aliphatic rings. The van der Waals surface area contributed by atoms with E-state index in [2.05, 4.69) is 5.32 Å². The average molecular weight is 404 g/mol. The average Bonchev–Trinajstić information content (AvgIpc) is 3.24. The predicted molar refractivity (Wildman–Crippen MR) is 114 cm³/mol. The fourth-order valence-electron chi connectivity index (χ4n) is 4.30. The molecule has 1 atom stereocenters. The second-order valence-electron chi connectivity index (χ2n) is 7.15. The first-order chi connectivity index (χ1) is 14.1. The van der Waals surface area contributed by atoms with Gasteiger partial charge in [-0.3, -0.25) is 4.79 Å². The van der Waals surface area contributed by atoms with Gasteiger partial charge in [-0.05, 0) is 64.7 Å². The van der Waals surface area contributed by atoms with Crippen molar-refractivity contribution in [3.8, 4) is 11.5 Å². The zero-order valence-corrected chi connectivity index (χ0v) is 16.7. The number of benzene rings is 3. The third-order valence-corrected chi connectivity index (χ3v) is 5.95. The largest absolute Gasteiger partial charge is 0.497 e. The van der Waals surface area contributed by atoms with Crippen LogP contribution in [-0.4, -0.2) is 20.1 Å². The van der Waals surface area contributed by atoms with Gasteiger partial charge in [0.15, 0.2) is 0 Å². The Kier molecular flexibility index (Phi) is 3.93. The summed E-state index contributed by atoms with van der Waals surface area (Å²) in [5, 5.41) is 3.62. The van der Waals surface area contributed by atoms with E-state index in [1.54, 1.807) is 20.3 Å². The first-order valence-corrected chi connectivity index (χ1v) is 9.62. The van der Waals surface area contributed by atoms with E-state index >= 15 is 0 Å². The van der Waals surface area contributed by atoms with Crippen LogP contribution in [0.15, 0.2) is 66.7 Å². The maximum Gasteiger partial charge on any atom is 0.243 e. The molecule has 29 heavy (non-hydrogen) atoms. The Hall–Kier alpha value is -3.24. The van der Waals surface area contributed by atoms with E-state index in [-0.39, 0.29) is 5.91 Å². The van der Waals surface area contributed by atoms with Gasteiger partial charge >= 0.3 is 0 Å². The molecule has 0 fully saturated rings. The highest BCUT2D eigenvalue weighted by molar-refractivity contribution is 6.31. The minimum atomic E-state index is -0.945. The van der Waals surface area contributed by atoms with Crippen molar-refractivity contribution in [2.75, 3.05) is 19.5 Å². The SMILES string of the molecule is COc1ccc(C2=CC3(C(=O)Nc4ccc(Cl)cc43)c3cc(OC)ccc32)cc1. The molecule has 0 bridgehead atoms. The molecule has 5 rings (SSSR count). The topological polar surface area (TPSA) is 47.6 Å². The fraction of sp³-hybridized carbons (Fsp3) is 0.125. The smallest absolute Gasteiger partial charge is 0.243 e. The number of fused-ring (bicyclic) bond motifs is 4. The van der Waals surface area contributed by atoms with Gasteiger partial charge in [0.1, 0.15) is 16.9 Å². The van der Waals surface area contributed by atoms with E-state index < -0.39 is 5.41 Å². The lowest BCUT2D eigenvalue weighted by Gasteiger charge is -2.22. The molecule has 3 aromatic carbocycles. The Balaban J connectivity index is 1.79. The number of carbonyl (C=O) groups excluding carboxylic acids is 1. The molecular weight excluding hydrogens is 386 g/mol. The molecule has 0 aromatic heterocycles. The molecular formula is C24H18ClNO3. The maximum absolute atomic E-state index is 13.3. The number of halogens is 1. The van der Waals surface area contributed by atoms with Crippen LogP contribution in [0.3, 0.4) is 0 Å². The molecule has 1 amide bonds. The summed E-state index contributed by atoms with van der Waals surface area (Å²) < 4.78 is 10.7. The Morgan fingerprint density at radius 3 is 2.31 bits per heavy atom. The highest BCUT2D eigenvalue weighted by atomic mass is 35.5. The summed E-state index contributed by atoms with van der Waals surface area (Å²) in [4.78, 5) is 13.3. The van der Waals surface area contributed by atoms with Crippen LogP contribution in [0.5, 0.6) is 11.5 Å². The molecule has 1 spiro atoms. The van der Waals surface area contributed by atoms with Crippen LogP contribution in [0.1, 0.15) is 22.3 Å². The van der Waals surface area contributed by atoms with Crippen LogP contribution in [-0.2, 0) is 10.2 Å². The van der Waals surface area contributed by atoms with Crippen LogP contribution >= 0.6 is 11.6 Å². The van der Waals surface area contributed by atoms with Crippen molar-refractivity contribution >= 4 is 28.8 Å². The molecule has 1 N–H and O–H groups in total. The molecule has 4 nitrogen and oxygen atoms in total. The summed E-state index contributed by atoms with van der Waals surface area (Å²) in [5.74, 6) is 1.40. The van der Waals surface area contributed by atoms with Crippen LogP contribution in [0, 0.1) is 0 Å². The number of methoxy groups -OCH3 is 2. The van der Waals surface area contributed by atoms with Gasteiger partial charge in [-0.15, -0.1) is 0 Å². The molecule has 1 aliphatic carbocycles. The monoisotopic (exact) mass is 403 g/mol. The van der Waals surface area contributed by atoms with Crippen molar-refractivity contribution in [1.29, 1.82) is 0 Å². The number of ether oxygens (including phenoxy) is 2. The minimum Gasteiger partial charge on any atom is -0.497 e. The molecule has 144 valence electrons. The van der Waals surface area contributed by atoms with Crippen molar-refractivity contribution in [1.82, 2.24) is 0 Å². The van der Waals surface area contributed by atoms with Crippen LogP contribution in [0.2, 0.25) is 5.02 Å². The lowest BCUT2D eigenvalue weighted by Crippen LogP contribution is -2.32. The third kappa shape index (κ3) is 2.49. The summed E-state index contributed by atoms with van der Waals surface area (Å²) in [5.41, 5.74) is 4.58. The Labute approximate surface area is 173 Å². The maximum atomic E-state index is 13.3. The lowest BCUT2D eigenvalue weighted by atomic mass is 9.77. The number of anilines is 1. The highest BCUT2D eigenvalue weighted by Crippen LogP contribution is 2.53. The first kappa shape index (κ1) is 17.8. The summed E-state index contributed by atoms with van der Waals surface area (Å²) in [6, 6.07) is 19.2. The van der Waals surface area contributed by atoms with Crippen LogP contribution < -0.4 is 14.8 Å². The second-order valence-corrected chi connectivity index (χ2v) is 7.59. The Morgan fingerprint density at radius 2 is 1.59 bits per heavy atom. The molecule has 1 aliphatic heterocycles. The van der Waals surface area contributed by atoms with Gasteiger partial charge in [-0.2, -0.15) is 0 Å². The van der Waals surface area contributed by atoms with Crippen LogP contribution in [0.4, 0.5) is 5.69 Å². The summed E-state index contributed by atoms with van der Waals surface area (Å²) >= 11 is 6.31.